The molecule has 1 amide bonds. The Bertz CT molecular complexity index is 1080. The van der Waals surface area contributed by atoms with Gasteiger partial charge in [-0.15, -0.1) is 0 Å². The van der Waals surface area contributed by atoms with Gasteiger partial charge < -0.3 is 23.9 Å². The predicted molar refractivity (Wildman–Crippen MR) is 97.5 cm³/mol. The molecule has 7 nitrogen and oxygen atoms in total. The van der Waals surface area contributed by atoms with Gasteiger partial charge in [0, 0.05) is 0 Å². The molecule has 1 atom stereocenters. The van der Waals surface area contributed by atoms with Crippen LogP contribution < -0.4 is 0 Å². The lowest BCUT2D eigenvalue weighted by molar-refractivity contribution is -0.130. The van der Waals surface area contributed by atoms with E-state index in [1.807, 2.05) is 0 Å². The van der Waals surface area contributed by atoms with Crippen molar-refractivity contribution in [3.05, 3.63) is 89.0 Å². The summed E-state index contributed by atoms with van der Waals surface area (Å²) in [5.74, 6) is -0.890. The summed E-state index contributed by atoms with van der Waals surface area (Å²) in [6.45, 7) is 1.74. The summed E-state index contributed by atoms with van der Waals surface area (Å²) >= 11 is 0. The second-order valence-electron chi connectivity index (χ2n) is 6.51. The summed E-state index contributed by atoms with van der Waals surface area (Å²) in [4.78, 5) is 27.2. The number of aryl methyl sites for hydroxylation is 1. The Labute approximate surface area is 160 Å². The maximum Gasteiger partial charge on any atom is 0.290 e. The van der Waals surface area contributed by atoms with Crippen LogP contribution in [0.15, 0.2) is 75.0 Å². The molecule has 4 rings (SSSR count). The number of ketones is 1. The number of aromatic hydroxyl groups is 1. The van der Waals surface area contributed by atoms with Crippen LogP contribution in [0.3, 0.4) is 0 Å². The van der Waals surface area contributed by atoms with Crippen molar-refractivity contribution in [1.82, 2.24) is 4.90 Å². The number of benzene rings is 1. The molecule has 0 radical (unpaired) electrons. The molecular weight excluding hydrogens is 362 g/mol. The number of aliphatic hydroxyl groups is 1. The number of Topliss-reactive ketones (excluding diaryl/α,β-unsaturated/α-hetero) is 1. The molecule has 0 bridgehead atoms. The Balaban J connectivity index is 1.81. The van der Waals surface area contributed by atoms with E-state index in [9.17, 15) is 19.8 Å². The summed E-state index contributed by atoms with van der Waals surface area (Å²) in [7, 11) is 0. The SMILES string of the molecule is Cc1ccc(C(=O)C2=C(O)C(=O)N(Cc3ccco3)C2c2cccc(O)c2)o1. The van der Waals surface area contributed by atoms with E-state index in [-0.39, 0.29) is 23.6 Å². The van der Waals surface area contributed by atoms with Crippen LogP contribution in [0.2, 0.25) is 0 Å². The number of hydrogen-bond acceptors (Lipinski definition) is 6. The highest BCUT2D eigenvalue weighted by Gasteiger charge is 2.44. The first kappa shape index (κ1) is 17.7. The summed E-state index contributed by atoms with van der Waals surface area (Å²) in [6, 6.07) is 11.8. The highest BCUT2D eigenvalue weighted by atomic mass is 16.3. The molecule has 3 heterocycles. The lowest BCUT2D eigenvalue weighted by Crippen LogP contribution is -2.30. The van der Waals surface area contributed by atoms with E-state index in [0.717, 1.165) is 0 Å². The smallest absolute Gasteiger partial charge is 0.290 e. The first-order chi connectivity index (χ1) is 13.5. The number of phenolic OH excluding ortho intramolecular Hbond substituents is 1. The van der Waals surface area contributed by atoms with Crippen molar-refractivity contribution in [1.29, 1.82) is 0 Å². The van der Waals surface area contributed by atoms with Gasteiger partial charge in [0.1, 0.15) is 17.3 Å². The van der Waals surface area contributed by atoms with Crippen molar-refractivity contribution in [2.45, 2.75) is 19.5 Å². The number of furan rings is 2. The van der Waals surface area contributed by atoms with Crippen LogP contribution >= 0.6 is 0 Å². The lowest BCUT2D eigenvalue weighted by Gasteiger charge is -2.26. The average Bonchev–Trinajstić information content (AvgIpc) is 3.38. The third-order valence-electron chi connectivity index (χ3n) is 4.60. The second kappa shape index (κ2) is 6.77. The van der Waals surface area contributed by atoms with Crippen LogP contribution in [0.5, 0.6) is 5.75 Å². The van der Waals surface area contributed by atoms with Crippen LogP contribution in [-0.2, 0) is 11.3 Å². The minimum Gasteiger partial charge on any atom is -0.508 e. The fraction of sp³-hybridized carbons (Fsp3) is 0.143. The van der Waals surface area contributed by atoms with E-state index >= 15 is 0 Å². The predicted octanol–water partition coefficient (Wildman–Crippen LogP) is 3.67. The molecule has 1 aliphatic rings. The standard InChI is InChI=1S/C21H17NO6/c1-12-7-8-16(28-12)19(24)17-18(13-4-2-5-14(23)10-13)22(21(26)20(17)25)11-15-6-3-9-27-15/h2-10,18,23,25H,11H2,1H3. The van der Waals surface area contributed by atoms with Crippen molar-refractivity contribution < 1.29 is 28.6 Å². The summed E-state index contributed by atoms with van der Waals surface area (Å²) in [5, 5.41) is 20.4. The molecule has 7 heteroatoms. The molecule has 0 saturated heterocycles. The Morgan fingerprint density at radius 3 is 2.61 bits per heavy atom. The van der Waals surface area contributed by atoms with Crippen molar-refractivity contribution in [2.24, 2.45) is 0 Å². The first-order valence-electron chi connectivity index (χ1n) is 8.62. The number of amides is 1. The molecule has 2 N–H and O–H groups in total. The van der Waals surface area contributed by atoms with Gasteiger partial charge in [-0.3, -0.25) is 9.59 Å². The third-order valence-corrected chi connectivity index (χ3v) is 4.60. The Morgan fingerprint density at radius 2 is 1.96 bits per heavy atom. The number of carbonyl (C=O) groups is 2. The molecule has 0 spiro atoms. The van der Waals surface area contributed by atoms with Crippen LogP contribution in [0.4, 0.5) is 0 Å². The van der Waals surface area contributed by atoms with Gasteiger partial charge in [-0.2, -0.15) is 0 Å². The fourth-order valence-corrected chi connectivity index (χ4v) is 3.35. The monoisotopic (exact) mass is 379 g/mol. The topological polar surface area (TPSA) is 104 Å². The van der Waals surface area contributed by atoms with Gasteiger partial charge in [-0.25, -0.2) is 0 Å². The average molecular weight is 379 g/mol. The van der Waals surface area contributed by atoms with Crippen LogP contribution in [0, 0.1) is 6.92 Å². The van der Waals surface area contributed by atoms with Gasteiger partial charge >= 0.3 is 0 Å². The maximum absolute atomic E-state index is 13.1. The number of hydrogen-bond donors (Lipinski definition) is 2. The molecule has 0 fully saturated rings. The lowest BCUT2D eigenvalue weighted by atomic mass is 9.95. The zero-order valence-corrected chi connectivity index (χ0v) is 15.0. The highest BCUT2D eigenvalue weighted by Crippen LogP contribution is 2.40. The first-order valence-corrected chi connectivity index (χ1v) is 8.62. The van der Waals surface area contributed by atoms with E-state index in [2.05, 4.69) is 0 Å². The largest absolute Gasteiger partial charge is 0.508 e. The van der Waals surface area contributed by atoms with E-state index in [0.29, 0.717) is 17.1 Å². The van der Waals surface area contributed by atoms with Crippen molar-refractivity contribution in [3.8, 4) is 5.75 Å². The van der Waals surface area contributed by atoms with Gasteiger partial charge in [0.15, 0.2) is 11.5 Å². The van der Waals surface area contributed by atoms with Gasteiger partial charge in [-0.05, 0) is 48.9 Å². The maximum atomic E-state index is 13.1. The Morgan fingerprint density at radius 1 is 1.14 bits per heavy atom. The molecule has 1 aromatic carbocycles. The zero-order chi connectivity index (χ0) is 19.8. The van der Waals surface area contributed by atoms with E-state index in [1.54, 1.807) is 37.3 Å². The zero-order valence-electron chi connectivity index (χ0n) is 15.0. The van der Waals surface area contributed by atoms with Crippen molar-refractivity contribution in [3.63, 3.8) is 0 Å². The van der Waals surface area contributed by atoms with Gasteiger partial charge in [0.05, 0.1) is 24.4 Å². The number of aliphatic hydroxyl groups excluding tert-OH is 1. The third kappa shape index (κ3) is 2.96. The quantitative estimate of drug-likeness (QED) is 0.656. The fourth-order valence-electron chi connectivity index (χ4n) is 3.35. The minimum absolute atomic E-state index is 0.0186. The van der Waals surface area contributed by atoms with E-state index in [1.165, 1.54) is 29.4 Å². The van der Waals surface area contributed by atoms with Crippen molar-refractivity contribution >= 4 is 11.7 Å². The molecule has 0 saturated carbocycles. The highest BCUT2D eigenvalue weighted by molar-refractivity contribution is 6.15. The van der Waals surface area contributed by atoms with Crippen LogP contribution in [-0.4, -0.2) is 26.8 Å². The molecular formula is C21H17NO6. The van der Waals surface area contributed by atoms with Crippen LogP contribution in [0.25, 0.3) is 0 Å². The molecule has 0 aliphatic carbocycles. The number of phenols is 1. The summed E-state index contributed by atoms with van der Waals surface area (Å²) < 4.78 is 10.7. The van der Waals surface area contributed by atoms with Gasteiger partial charge in [0.25, 0.3) is 5.91 Å². The van der Waals surface area contributed by atoms with Gasteiger partial charge in [0.2, 0.25) is 5.78 Å². The Hall–Kier alpha value is -3.74. The van der Waals surface area contributed by atoms with Gasteiger partial charge in [-0.1, -0.05) is 12.1 Å². The Kier molecular flexibility index (Phi) is 4.27. The molecule has 142 valence electrons. The minimum atomic E-state index is -0.900. The molecule has 2 aromatic heterocycles. The summed E-state index contributed by atoms with van der Waals surface area (Å²) in [5.41, 5.74) is 0.382. The van der Waals surface area contributed by atoms with Crippen molar-refractivity contribution in [2.75, 3.05) is 0 Å². The molecule has 3 aromatic rings. The number of nitrogens with zero attached hydrogens (tertiary/aromatic N) is 1. The van der Waals surface area contributed by atoms with Crippen LogP contribution in [0.1, 0.15) is 33.7 Å². The normalized spacial score (nSPS) is 16.8. The van der Waals surface area contributed by atoms with E-state index < -0.39 is 23.5 Å². The van der Waals surface area contributed by atoms with E-state index in [4.69, 9.17) is 8.83 Å². The number of carbonyl (C=O) groups excluding carboxylic acids is 2. The molecule has 1 unspecified atom stereocenters. The molecule has 1 aliphatic heterocycles. The molecule has 28 heavy (non-hydrogen) atoms. The second-order valence-corrected chi connectivity index (χ2v) is 6.51. The summed E-state index contributed by atoms with van der Waals surface area (Å²) in [6.07, 6.45) is 1.48. The number of rotatable bonds is 5.